The molecule has 2 N–H and O–H groups in total. The summed E-state index contributed by atoms with van der Waals surface area (Å²) in [7, 11) is 0. The number of nitrogens with one attached hydrogen (secondary N) is 2. The highest BCUT2D eigenvalue weighted by Gasteiger charge is 2.11. The molecule has 0 atom stereocenters. The van der Waals surface area contributed by atoms with Crippen molar-refractivity contribution in [1.82, 2.24) is 4.98 Å². The average Bonchev–Trinajstić information content (AvgIpc) is 2.66. The second-order valence-electron chi connectivity index (χ2n) is 5.73. The first-order valence-corrected chi connectivity index (χ1v) is 8.26. The van der Waals surface area contributed by atoms with E-state index in [4.69, 9.17) is 0 Å². The molecule has 0 unspecified atom stereocenters. The van der Waals surface area contributed by atoms with Gasteiger partial charge in [-0.1, -0.05) is 18.2 Å². The molecule has 3 aromatic rings. The predicted molar refractivity (Wildman–Crippen MR) is 101 cm³/mol. The van der Waals surface area contributed by atoms with Gasteiger partial charge in [-0.05, 0) is 36.8 Å². The Kier molecular flexibility index (Phi) is 5.38. The standard InChI is InChI=1S/C19H18N4O3/c24-19(22-16-9-3-8-15-14(16)6-4-12-20-15)11-5-13-21-17-7-1-2-10-18(17)23(25)26/h1-4,6-10,12,21H,5,11,13H2,(H,22,24). The quantitative estimate of drug-likeness (QED) is 0.382. The zero-order valence-corrected chi connectivity index (χ0v) is 14.0. The smallest absolute Gasteiger partial charge is 0.292 e. The fourth-order valence-corrected chi connectivity index (χ4v) is 2.68. The number of hydrogen-bond donors (Lipinski definition) is 2. The number of carbonyl (C=O) groups is 1. The topological polar surface area (TPSA) is 97.2 Å². The molecule has 26 heavy (non-hydrogen) atoms. The van der Waals surface area contributed by atoms with Crippen LogP contribution in [0.5, 0.6) is 0 Å². The largest absolute Gasteiger partial charge is 0.379 e. The molecule has 1 aromatic heterocycles. The fraction of sp³-hybridized carbons (Fsp3) is 0.158. The molecule has 0 radical (unpaired) electrons. The normalized spacial score (nSPS) is 10.5. The molecular weight excluding hydrogens is 332 g/mol. The molecule has 1 amide bonds. The molecule has 0 aliphatic carbocycles. The van der Waals surface area contributed by atoms with E-state index in [0.29, 0.717) is 25.1 Å². The van der Waals surface area contributed by atoms with Crippen LogP contribution in [-0.4, -0.2) is 22.4 Å². The molecular formula is C19H18N4O3. The Hall–Kier alpha value is -3.48. The van der Waals surface area contributed by atoms with Gasteiger partial charge in [-0.25, -0.2) is 0 Å². The van der Waals surface area contributed by atoms with Crippen molar-refractivity contribution in [3.63, 3.8) is 0 Å². The van der Waals surface area contributed by atoms with Crippen LogP contribution in [0.4, 0.5) is 17.1 Å². The van der Waals surface area contributed by atoms with E-state index in [9.17, 15) is 14.9 Å². The van der Waals surface area contributed by atoms with Crippen molar-refractivity contribution >= 4 is 33.9 Å². The van der Waals surface area contributed by atoms with Gasteiger partial charge < -0.3 is 10.6 Å². The Morgan fingerprint density at radius 1 is 1.04 bits per heavy atom. The Morgan fingerprint density at radius 2 is 1.85 bits per heavy atom. The lowest BCUT2D eigenvalue weighted by molar-refractivity contribution is -0.384. The van der Waals surface area contributed by atoms with Gasteiger partial charge in [0, 0.05) is 30.6 Å². The number of nitro groups is 1. The van der Waals surface area contributed by atoms with Gasteiger partial charge in [-0.2, -0.15) is 0 Å². The third kappa shape index (κ3) is 4.13. The number of benzene rings is 2. The lowest BCUT2D eigenvalue weighted by Crippen LogP contribution is -2.14. The summed E-state index contributed by atoms with van der Waals surface area (Å²) in [6.45, 7) is 0.468. The summed E-state index contributed by atoms with van der Waals surface area (Å²) in [5.41, 5.74) is 2.04. The van der Waals surface area contributed by atoms with E-state index in [2.05, 4.69) is 15.6 Å². The average molecular weight is 350 g/mol. The number of fused-ring (bicyclic) bond motifs is 1. The minimum atomic E-state index is -0.427. The van der Waals surface area contributed by atoms with E-state index in [1.807, 2.05) is 30.3 Å². The minimum Gasteiger partial charge on any atom is -0.379 e. The summed E-state index contributed by atoms with van der Waals surface area (Å²) in [5.74, 6) is -0.106. The van der Waals surface area contributed by atoms with Crippen molar-refractivity contribution in [3.8, 4) is 0 Å². The van der Waals surface area contributed by atoms with E-state index >= 15 is 0 Å². The lowest BCUT2D eigenvalue weighted by atomic mass is 10.1. The Labute approximate surface area is 150 Å². The van der Waals surface area contributed by atoms with Gasteiger partial charge in [0.2, 0.25) is 5.91 Å². The third-order valence-electron chi connectivity index (χ3n) is 3.92. The number of carbonyl (C=O) groups excluding carboxylic acids is 1. The third-order valence-corrected chi connectivity index (χ3v) is 3.92. The van der Waals surface area contributed by atoms with Crippen molar-refractivity contribution in [2.45, 2.75) is 12.8 Å². The molecule has 132 valence electrons. The summed E-state index contributed by atoms with van der Waals surface area (Å²) in [6, 6.07) is 15.8. The van der Waals surface area contributed by atoms with Gasteiger partial charge in [0.15, 0.2) is 0 Å². The minimum absolute atomic E-state index is 0.0280. The van der Waals surface area contributed by atoms with Gasteiger partial charge in [-0.3, -0.25) is 19.9 Å². The van der Waals surface area contributed by atoms with Gasteiger partial charge >= 0.3 is 0 Å². The van der Waals surface area contributed by atoms with Gasteiger partial charge in [0.25, 0.3) is 5.69 Å². The summed E-state index contributed by atoms with van der Waals surface area (Å²) in [6.07, 6.45) is 2.58. The van der Waals surface area contributed by atoms with Crippen molar-refractivity contribution in [2.24, 2.45) is 0 Å². The van der Waals surface area contributed by atoms with E-state index < -0.39 is 4.92 Å². The number of rotatable bonds is 7. The summed E-state index contributed by atoms with van der Waals surface area (Å²) in [4.78, 5) is 27.0. The van der Waals surface area contributed by atoms with Crippen LogP contribution in [0.15, 0.2) is 60.8 Å². The molecule has 3 rings (SSSR count). The van der Waals surface area contributed by atoms with E-state index in [0.717, 1.165) is 16.6 Å². The fourth-order valence-electron chi connectivity index (χ4n) is 2.68. The van der Waals surface area contributed by atoms with Crippen LogP contribution in [-0.2, 0) is 4.79 Å². The molecule has 7 heteroatoms. The van der Waals surface area contributed by atoms with Crippen LogP contribution in [0.3, 0.4) is 0 Å². The number of anilines is 2. The summed E-state index contributed by atoms with van der Waals surface area (Å²) < 4.78 is 0. The monoisotopic (exact) mass is 350 g/mol. The molecule has 0 aliphatic heterocycles. The van der Waals surface area contributed by atoms with Gasteiger partial charge in [0.05, 0.1) is 16.1 Å². The second-order valence-corrected chi connectivity index (χ2v) is 5.73. The Balaban J connectivity index is 1.53. The number of hydrogen-bond acceptors (Lipinski definition) is 5. The van der Waals surface area contributed by atoms with Crippen molar-refractivity contribution < 1.29 is 9.72 Å². The van der Waals surface area contributed by atoms with Crippen molar-refractivity contribution in [1.29, 1.82) is 0 Å². The van der Waals surface area contributed by atoms with E-state index in [1.165, 1.54) is 6.07 Å². The zero-order chi connectivity index (χ0) is 18.4. The molecule has 0 fully saturated rings. The highest BCUT2D eigenvalue weighted by atomic mass is 16.6. The molecule has 0 saturated heterocycles. The van der Waals surface area contributed by atoms with Crippen LogP contribution < -0.4 is 10.6 Å². The summed E-state index contributed by atoms with van der Waals surface area (Å²) >= 11 is 0. The van der Waals surface area contributed by atoms with Crippen molar-refractivity contribution in [2.75, 3.05) is 17.2 Å². The first-order valence-electron chi connectivity index (χ1n) is 8.26. The van der Waals surface area contributed by atoms with Crippen LogP contribution in [0.1, 0.15) is 12.8 Å². The van der Waals surface area contributed by atoms with Crippen LogP contribution in [0.25, 0.3) is 10.9 Å². The Morgan fingerprint density at radius 3 is 2.69 bits per heavy atom. The molecule has 0 bridgehead atoms. The molecule has 0 spiro atoms. The number of amides is 1. The number of para-hydroxylation sites is 2. The summed E-state index contributed by atoms with van der Waals surface area (Å²) in [5, 5.41) is 17.8. The highest BCUT2D eigenvalue weighted by Crippen LogP contribution is 2.23. The molecule has 7 nitrogen and oxygen atoms in total. The maximum absolute atomic E-state index is 12.2. The number of nitro benzene ring substituents is 1. The van der Waals surface area contributed by atoms with Crippen LogP contribution in [0, 0.1) is 10.1 Å². The maximum atomic E-state index is 12.2. The molecule has 0 aliphatic rings. The number of aromatic nitrogens is 1. The molecule has 2 aromatic carbocycles. The van der Waals surface area contributed by atoms with Crippen LogP contribution in [0.2, 0.25) is 0 Å². The SMILES string of the molecule is O=C(CCCNc1ccccc1[N+](=O)[O-])Nc1cccc2ncccc12. The van der Waals surface area contributed by atoms with Gasteiger partial charge in [0.1, 0.15) is 5.69 Å². The molecule has 1 heterocycles. The second kappa shape index (κ2) is 8.06. The first-order chi connectivity index (χ1) is 12.6. The predicted octanol–water partition coefficient (Wildman–Crippen LogP) is 3.97. The lowest BCUT2D eigenvalue weighted by Gasteiger charge is -2.09. The van der Waals surface area contributed by atoms with E-state index in [-0.39, 0.29) is 11.6 Å². The number of pyridine rings is 1. The Bertz CT molecular complexity index is 937. The van der Waals surface area contributed by atoms with Gasteiger partial charge in [-0.15, -0.1) is 0 Å². The zero-order valence-electron chi connectivity index (χ0n) is 14.0. The molecule has 0 saturated carbocycles. The maximum Gasteiger partial charge on any atom is 0.292 e. The number of nitrogens with zero attached hydrogens (tertiary/aromatic N) is 2. The highest BCUT2D eigenvalue weighted by molar-refractivity contribution is 6.00. The van der Waals surface area contributed by atoms with E-state index in [1.54, 1.807) is 24.4 Å². The van der Waals surface area contributed by atoms with Crippen molar-refractivity contribution in [3.05, 3.63) is 70.9 Å². The first kappa shape index (κ1) is 17.3. The van der Waals surface area contributed by atoms with Crippen LogP contribution >= 0.6 is 0 Å².